The van der Waals surface area contributed by atoms with E-state index in [-0.39, 0.29) is 5.91 Å². The molecule has 6 nitrogen and oxygen atoms in total. The molecule has 2 aromatic carbocycles. The number of carbonyl (C=O) groups is 1. The van der Waals surface area contributed by atoms with Crippen molar-refractivity contribution in [2.24, 2.45) is 0 Å². The number of rotatable bonds is 7. The average Bonchev–Trinajstić information content (AvgIpc) is 3.05. The predicted molar refractivity (Wildman–Crippen MR) is 123 cm³/mol. The van der Waals surface area contributed by atoms with Gasteiger partial charge in [0.15, 0.2) is 5.82 Å². The lowest BCUT2D eigenvalue weighted by Crippen LogP contribution is -2.07. The van der Waals surface area contributed by atoms with Crippen molar-refractivity contribution in [1.29, 1.82) is 0 Å². The molecule has 1 aliphatic heterocycles. The number of fused-ring (bicyclic) bond motifs is 1. The van der Waals surface area contributed by atoms with E-state index >= 15 is 0 Å². The highest BCUT2D eigenvalue weighted by atomic mass is 16.5. The molecule has 31 heavy (non-hydrogen) atoms. The molecule has 0 aliphatic carbocycles. The number of aryl methyl sites for hydroxylation is 1. The van der Waals surface area contributed by atoms with Crippen LogP contribution in [0.4, 0.5) is 5.69 Å². The van der Waals surface area contributed by atoms with Gasteiger partial charge in [0.25, 0.3) is 0 Å². The van der Waals surface area contributed by atoms with Crippen molar-refractivity contribution < 1.29 is 9.53 Å². The topological polar surface area (TPSA) is 69.0 Å². The van der Waals surface area contributed by atoms with E-state index in [1.165, 1.54) is 18.9 Å². The van der Waals surface area contributed by atoms with Crippen LogP contribution in [0, 0.1) is 0 Å². The second kappa shape index (κ2) is 9.89. The van der Waals surface area contributed by atoms with E-state index < -0.39 is 0 Å². The number of anilines is 1. The first-order valence-corrected chi connectivity index (χ1v) is 10.6. The Hall–Kier alpha value is -3.67. The van der Waals surface area contributed by atoms with Gasteiger partial charge in [-0.05, 0) is 60.9 Å². The number of hydrogen-bond acceptors (Lipinski definition) is 4. The maximum absolute atomic E-state index is 12.3. The summed E-state index contributed by atoms with van der Waals surface area (Å²) >= 11 is 0. The Morgan fingerprint density at radius 1 is 1.06 bits per heavy atom. The van der Waals surface area contributed by atoms with Gasteiger partial charge in [0.05, 0.1) is 0 Å². The van der Waals surface area contributed by atoms with E-state index in [0.29, 0.717) is 6.61 Å². The van der Waals surface area contributed by atoms with E-state index in [2.05, 4.69) is 26.7 Å². The lowest BCUT2D eigenvalue weighted by Gasteiger charge is -2.08. The number of hydrogen-bond donors (Lipinski definition) is 1. The molecule has 1 N–H and O–H groups in total. The summed E-state index contributed by atoms with van der Waals surface area (Å²) in [6.45, 7) is 5.06. The minimum atomic E-state index is -0.184. The van der Waals surface area contributed by atoms with Gasteiger partial charge in [-0.1, -0.05) is 31.2 Å². The second-order valence-electron chi connectivity index (χ2n) is 7.47. The normalized spacial score (nSPS) is 13.4. The molecule has 0 atom stereocenters. The Kier molecular flexibility index (Phi) is 6.57. The molecule has 1 amide bonds. The van der Waals surface area contributed by atoms with Crippen molar-refractivity contribution in [3.63, 3.8) is 0 Å². The summed E-state index contributed by atoms with van der Waals surface area (Å²) in [5, 5.41) is 11.6. The molecule has 3 aromatic rings. The first-order chi connectivity index (χ1) is 15.2. The van der Waals surface area contributed by atoms with E-state index in [9.17, 15) is 4.79 Å². The zero-order valence-electron chi connectivity index (χ0n) is 17.5. The van der Waals surface area contributed by atoms with Gasteiger partial charge in [-0.2, -0.15) is 0 Å². The van der Waals surface area contributed by atoms with Gasteiger partial charge in [0.2, 0.25) is 5.91 Å². The number of benzene rings is 2. The van der Waals surface area contributed by atoms with Gasteiger partial charge in [-0.25, -0.2) is 0 Å². The average molecular weight is 415 g/mol. The van der Waals surface area contributed by atoms with Gasteiger partial charge in [0.1, 0.15) is 18.2 Å². The fourth-order valence-electron chi connectivity index (χ4n) is 3.59. The maximum atomic E-state index is 12.3. The maximum Gasteiger partial charge on any atom is 0.248 e. The van der Waals surface area contributed by atoms with Crippen LogP contribution < -0.4 is 10.1 Å². The van der Waals surface area contributed by atoms with Crippen molar-refractivity contribution in [3.05, 3.63) is 78.6 Å². The molecule has 158 valence electrons. The Morgan fingerprint density at radius 3 is 2.65 bits per heavy atom. The molecule has 0 radical (unpaired) electrons. The van der Waals surface area contributed by atoms with E-state index in [4.69, 9.17) is 4.74 Å². The highest BCUT2D eigenvalue weighted by Crippen LogP contribution is 2.24. The minimum absolute atomic E-state index is 0.184. The summed E-state index contributed by atoms with van der Waals surface area (Å²) in [5.74, 6) is 2.55. The molecule has 6 heteroatoms. The van der Waals surface area contributed by atoms with E-state index in [1.54, 1.807) is 12.2 Å². The second-order valence-corrected chi connectivity index (χ2v) is 7.47. The molecule has 1 aromatic heterocycles. The molecular formula is C25H26N4O2. The van der Waals surface area contributed by atoms with Gasteiger partial charge in [0, 0.05) is 30.3 Å². The SMILES string of the molecule is C=CCOc1ccc(/C=C/C(=O)Nc2ccc(-c3nnc4n3CCCCC4)cc2)cc1. The number of nitrogens with one attached hydrogen (secondary N) is 1. The van der Waals surface area contributed by atoms with Crippen LogP contribution >= 0.6 is 0 Å². The lowest BCUT2D eigenvalue weighted by molar-refractivity contribution is -0.111. The zero-order valence-corrected chi connectivity index (χ0v) is 17.5. The molecule has 0 saturated heterocycles. The number of amides is 1. The summed E-state index contributed by atoms with van der Waals surface area (Å²) in [6, 6.07) is 15.3. The van der Waals surface area contributed by atoms with Crippen LogP contribution in [-0.2, 0) is 17.8 Å². The third kappa shape index (κ3) is 5.28. The van der Waals surface area contributed by atoms with Crippen LogP contribution in [0.25, 0.3) is 17.5 Å². The van der Waals surface area contributed by atoms with Crippen LogP contribution in [-0.4, -0.2) is 27.3 Å². The van der Waals surface area contributed by atoms with Crippen molar-refractivity contribution in [3.8, 4) is 17.1 Å². The number of aromatic nitrogens is 3. The monoisotopic (exact) mass is 414 g/mol. The molecule has 0 bridgehead atoms. The molecular weight excluding hydrogens is 388 g/mol. The molecule has 4 rings (SSSR count). The number of carbonyl (C=O) groups excluding carboxylic acids is 1. The highest BCUT2D eigenvalue weighted by molar-refractivity contribution is 6.02. The third-order valence-corrected chi connectivity index (χ3v) is 5.20. The van der Waals surface area contributed by atoms with Crippen molar-refractivity contribution in [2.75, 3.05) is 11.9 Å². The molecule has 0 spiro atoms. The van der Waals surface area contributed by atoms with Gasteiger partial charge < -0.3 is 14.6 Å². The van der Waals surface area contributed by atoms with Crippen LogP contribution in [0.5, 0.6) is 5.75 Å². The Balaban J connectivity index is 1.37. The van der Waals surface area contributed by atoms with Crippen molar-refractivity contribution in [1.82, 2.24) is 14.8 Å². The van der Waals surface area contributed by atoms with Crippen molar-refractivity contribution >= 4 is 17.7 Å². The quantitative estimate of drug-likeness (QED) is 0.442. The van der Waals surface area contributed by atoms with Crippen LogP contribution in [0.1, 0.15) is 30.7 Å². The van der Waals surface area contributed by atoms with Crippen LogP contribution in [0.3, 0.4) is 0 Å². The predicted octanol–water partition coefficient (Wildman–Crippen LogP) is 4.89. The largest absolute Gasteiger partial charge is 0.490 e. The van der Waals surface area contributed by atoms with Crippen LogP contribution in [0.15, 0.2) is 67.3 Å². The standard InChI is InChI=1S/C25H26N4O2/c1-2-18-31-22-14-7-19(8-15-22)9-16-24(30)26-21-12-10-20(11-13-21)25-28-27-23-6-4-3-5-17-29(23)25/h2,7-16H,1,3-6,17-18H2,(H,26,30)/b16-9+. The molecule has 0 fully saturated rings. The van der Waals surface area contributed by atoms with Crippen LogP contribution in [0.2, 0.25) is 0 Å². The van der Waals surface area contributed by atoms with E-state index in [1.807, 2.05) is 48.5 Å². The zero-order chi connectivity index (χ0) is 21.5. The Labute approximate surface area is 182 Å². The third-order valence-electron chi connectivity index (χ3n) is 5.20. The Morgan fingerprint density at radius 2 is 1.87 bits per heavy atom. The Bertz CT molecular complexity index is 1070. The summed E-state index contributed by atoms with van der Waals surface area (Å²) < 4.78 is 7.68. The van der Waals surface area contributed by atoms with Crippen molar-refractivity contribution in [2.45, 2.75) is 32.2 Å². The summed E-state index contributed by atoms with van der Waals surface area (Å²) in [7, 11) is 0. The van der Waals surface area contributed by atoms with Gasteiger partial charge in [-0.15, -0.1) is 10.2 Å². The van der Waals surface area contributed by atoms with E-state index in [0.717, 1.165) is 53.6 Å². The fourth-order valence-corrected chi connectivity index (χ4v) is 3.59. The number of nitrogens with zero attached hydrogens (tertiary/aromatic N) is 3. The molecule has 0 unspecified atom stereocenters. The summed E-state index contributed by atoms with van der Waals surface area (Å²) in [4.78, 5) is 12.3. The molecule has 2 heterocycles. The summed E-state index contributed by atoms with van der Waals surface area (Å²) in [5.41, 5.74) is 2.67. The lowest BCUT2D eigenvalue weighted by atomic mass is 10.2. The first kappa shape index (κ1) is 20.6. The molecule has 1 aliphatic rings. The van der Waals surface area contributed by atoms with Gasteiger partial charge in [-0.3, -0.25) is 4.79 Å². The first-order valence-electron chi connectivity index (χ1n) is 10.6. The number of ether oxygens (including phenoxy) is 1. The molecule has 0 saturated carbocycles. The smallest absolute Gasteiger partial charge is 0.248 e. The van der Waals surface area contributed by atoms with Gasteiger partial charge >= 0.3 is 0 Å². The minimum Gasteiger partial charge on any atom is -0.490 e. The fraction of sp³-hybridized carbons (Fsp3) is 0.240. The summed E-state index contributed by atoms with van der Waals surface area (Å²) in [6.07, 6.45) is 9.53. The highest BCUT2D eigenvalue weighted by Gasteiger charge is 2.15.